The van der Waals surface area contributed by atoms with E-state index in [4.69, 9.17) is 4.74 Å². The number of ether oxygens (including phenoxy) is 1. The van der Waals surface area contributed by atoms with Gasteiger partial charge in [0.2, 0.25) is 0 Å². The van der Waals surface area contributed by atoms with Crippen molar-refractivity contribution in [2.75, 3.05) is 4.90 Å². The van der Waals surface area contributed by atoms with Crippen LogP contribution >= 0.6 is 0 Å². The Labute approximate surface area is 192 Å². The molecule has 0 bridgehead atoms. The summed E-state index contributed by atoms with van der Waals surface area (Å²) in [6, 6.07) is 19.4. The fourth-order valence-electron chi connectivity index (χ4n) is 3.90. The number of phenolic OH excluding ortho intramolecular Hbond substituents is 1. The van der Waals surface area contributed by atoms with Gasteiger partial charge in [-0.15, -0.1) is 0 Å². The lowest BCUT2D eigenvalue weighted by molar-refractivity contribution is -0.132. The second-order valence-corrected chi connectivity index (χ2v) is 8.29. The smallest absolute Gasteiger partial charge is 0.300 e. The molecular formula is C27H25NO5. The van der Waals surface area contributed by atoms with Crippen LogP contribution in [0.15, 0.2) is 78.4 Å². The number of aromatic hydroxyl groups is 1. The molecule has 0 aliphatic carbocycles. The standard InChI is InChI=1S/C27H25NO5/c1-16(2)33-22-14-8-19(9-15-22)25(30)23-24(18-6-12-21(29)13-7-18)28(27(32)26(23)31)20-10-4-17(3)5-11-20/h4-16,24,29-30H,1-3H3/b25-23+. The molecule has 3 aromatic rings. The predicted molar refractivity (Wildman–Crippen MR) is 126 cm³/mol. The largest absolute Gasteiger partial charge is 0.508 e. The van der Waals surface area contributed by atoms with E-state index in [2.05, 4.69) is 0 Å². The molecule has 0 saturated carbocycles. The third-order valence-electron chi connectivity index (χ3n) is 5.46. The average Bonchev–Trinajstić information content (AvgIpc) is 3.05. The summed E-state index contributed by atoms with van der Waals surface area (Å²) in [5, 5.41) is 20.9. The Balaban J connectivity index is 1.85. The number of benzene rings is 3. The molecule has 1 fully saturated rings. The monoisotopic (exact) mass is 443 g/mol. The number of aliphatic hydroxyl groups excluding tert-OH is 1. The van der Waals surface area contributed by atoms with Crippen LogP contribution < -0.4 is 9.64 Å². The molecule has 1 atom stereocenters. The zero-order chi connectivity index (χ0) is 23.7. The number of Topliss-reactive ketones (excluding diaryl/α,β-unsaturated/α-hetero) is 1. The molecule has 3 aromatic carbocycles. The van der Waals surface area contributed by atoms with Crippen molar-refractivity contribution in [2.45, 2.75) is 32.9 Å². The first-order valence-corrected chi connectivity index (χ1v) is 10.7. The Morgan fingerprint density at radius 2 is 1.52 bits per heavy atom. The van der Waals surface area contributed by atoms with Gasteiger partial charge in [-0.2, -0.15) is 0 Å². The van der Waals surface area contributed by atoms with Gasteiger partial charge in [0.05, 0.1) is 17.7 Å². The second-order valence-electron chi connectivity index (χ2n) is 8.29. The maximum absolute atomic E-state index is 13.2. The van der Waals surface area contributed by atoms with E-state index in [1.807, 2.05) is 32.9 Å². The minimum absolute atomic E-state index is 0.00113. The number of rotatable bonds is 5. The fourth-order valence-corrected chi connectivity index (χ4v) is 3.90. The molecule has 1 aliphatic rings. The fraction of sp³-hybridized carbons (Fsp3) is 0.185. The molecule has 4 rings (SSSR count). The predicted octanol–water partition coefficient (Wildman–Crippen LogP) is 5.11. The number of nitrogens with zero attached hydrogens (tertiary/aromatic N) is 1. The molecule has 1 aliphatic heterocycles. The van der Waals surface area contributed by atoms with Crippen molar-refractivity contribution in [1.29, 1.82) is 0 Å². The average molecular weight is 443 g/mol. The molecule has 33 heavy (non-hydrogen) atoms. The van der Waals surface area contributed by atoms with Crippen LogP contribution in [-0.2, 0) is 9.59 Å². The van der Waals surface area contributed by atoms with E-state index in [-0.39, 0.29) is 23.2 Å². The molecule has 2 N–H and O–H groups in total. The number of amides is 1. The van der Waals surface area contributed by atoms with Gasteiger partial charge in [-0.3, -0.25) is 14.5 Å². The Bertz CT molecular complexity index is 1210. The summed E-state index contributed by atoms with van der Waals surface area (Å²) in [6.45, 7) is 5.76. The van der Waals surface area contributed by atoms with Crippen molar-refractivity contribution in [3.8, 4) is 11.5 Å². The van der Waals surface area contributed by atoms with E-state index in [0.29, 0.717) is 22.6 Å². The SMILES string of the molecule is Cc1ccc(N2C(=O)C(=O)/C(=C(/O)c3ccc(OC(C)C)cc3)C2c2ccc(O)cc2)cc1. The Hall–Kier alpha value is -4.06. The molecule has 1 heterocycles. The van der Waals surface area contributed by atoms with Crippen LogP contribution in [-0.4, -0.2) is 28.0 Å². The van der Waals surface area contributed by atoms with E-state index < -0.39 is 17.7 Å². The van der Waals surface area contributed by atoms with Crippen molar-refractivity contribution in [3.05, 3.63) is 95.1 Å². The highest BCUT2D eigenvalue weighted by Crippen LogP contribution is 2.42. The first-order valence-electron chi connectivity index (χ1n) is 10.7. The second kappa shape index (κ2) is 8.82. The molecule has 6 nitrogen and oxygen atoms in total. The molecular weight excluding hydrogens is 418 g/mol. The molecule has 0 spiro atoms. The highest BCUT2D eigenvalue weighted by atomic mass is 16.5. The highest BCUT2D eigenvalue weighted by Gasteiger charge is 2.46. The van der Waals surface area contributed by atoms with Crippen molar-refractivity contribution in [2.24, 2.45) is 0 Å². The van der Waals surface area contributed by atoms with Crippen LogP contribution in [0, 0.1) is 6.92 Å². The van der Waals surface area contributed by atoms with E-state index in [1.54, 1.807) is 48.5 Å². The van der Waals surface area contributed by atoms with E-state index in [9.17, 15) is 19.8 Å². The summed E-state index contributed by atoms with van der Waals surface area (Å²) in [7, 11) is 0. The molecule has 0 radical (unpaired) electrons. The van der Waals surface area contributed by atoms with Gasteiger partial charge in [0.15, 0.2) is 0 Å². The van der Waals surface area contributed by atoms with Crippen LogP contribution in [0.1, 0.15) is 36.6 Å². The Morgan fingerprint density at radius 3 is 2.09 bits per heavy atom. The zero-order valence-corrected chi connectivity index (χ0v) is 18.6. The molecule has 1 unspecified atom stereocenters. The third-order valence-corrected chi connectivity index (χ3v) is 5.46. The number of aliphatic hydroxyl groups is 1. The van der Waals surface area contributed by atoms with E-state index in [0.717, 1.165) is 5.56 Å². The Kier molecular flexibility index (Phi) is 5.92. The topological polar surface area (TPSA) is 87.1 Å². The van der Waals surface area contributed by atoms with E-state index >= 15 is 0 Å². The van der Waals surface area contributed by atoms with Crippen LogP contribution in [0.3, 0.4) is 0 Å². The highest BCUT2D eigenvalue weighted by molar-refractivity contribution is 6.51. The van der Waals surface area contributed by atoms with Gasteiger partial charge < -0.3 is 14.9 Å². The number of aryl methyl sites for hydroxylation is 1. The Morgan fingerprint density at radius 1 is 0.909 bits per heavy atom. The van der Waals surface area contributed by atoms with Crippen LogP contribution in [0.5, 0.6) is 11.5 Å². The van der Waals surface area contributed by atoms with Gasteiger partial charge in [-0.1, -0.05) is 29.8 Å². The van der Waals surface area contributed by atoms with Gasteiger partial charge in [0.25, 0.3) is 11.7 Å². The van der Waals surface area contributed by atoms with Gasteiger partial charge in [0, 0.05) is 11.3 Å². The van der Waals surface area contributed by atoms with Crippen molar-refractivity contribution in [1.82, 2.24) is 0 Å². The summed E-state index contributed by atoms with van der Waals surface area (Å²) < 4.78 is 5.65. The zero-order valence-electron chi connectivity index (χ0n) is 18.6. The maximum atomic E-state index is 13.2. The lowest BCUT2D eigenvalue weighted by atomic mass is 9.95. The number of hydrogen-bond donors (Lipinski definition) is 2. The number of phenols is 1. The molecule has 0 aromatic heterocycles. The van der Waals surface area contributed by atoms with Crippen molar-refractivity contribution >= 4 is 23.1 Å². The molecule has 6 heteroatoms. The minimum Gasteiger partial charge on any atom is -0.508 e. The normalized spacial score (nSPS) is 17.6. The van der Waals surface area contributed by atoms with Crippen molar-refractivity contribution in [3.63, 3.8) is 0 Å². The summed E-state index contributed by atoms with van der Waals surface area (Å²) in [5.41, 5.74) is 2.54. The maximum Gasteiger partial charge on any atom is 0.300 e. The number of hydrogen-bond acceptors (Lipinski definition) is 5. The van der Waals surface area contributed by atoms with Gasteiger partial charge in [-0.25, -0.2) is 0 Å². The van der Waals surface area contributed by atoms with Crippen LogP contribution in [0.25, 0.3) is 5.76 Å². The summed E-state index contributed by atoms with van der Waals surface area (Å²) in [5.74, 6) is -1.06. The summed E-state index contributed by atoms with van der Waals surface area (Å²) in [4.78, 5) is 27.7. The number of carbonyl (C=O) groups is 2. The number of anilines is 1. The third kappa shape index (κ3) is 4.32. The van der Waals surface area contributed by atoms with E-state index in [1.165, 1.54) is 17.0 Å². The molecule has 1 saturated heterocycles. The summed E-state index contributed by atoms with van der Waals surface area (Å²) in [6.07, 6.45) is -0.00113. The lowest BCUT2D eigenvalue weighted by Gasteiger charge is -2.25. The number of ketones is 1. The summed E-state index contributed by atoms with van der Waals surface area (Å²) >= 11 is 0. The van der Waals surface area contributed by atoms with Crippen LogP contribution in [0.4, 0.5) is 5.69 Å². The lowest BCUT2D eigenvalue weighted by Crippen LogP contribution is -2.29. The first kappa shape index (κ1) is 22.1. The minimum atomic E-state index is -0.847. The van der Waals surface area contributed by atoms with Gasteiger partial charge >= 0.3 is 0 Å². The molecule has 168 valence electrons. The quantitative estimate of drug-likeness (QED) is 0.325. The van der Waals surface area contributed by atoms with Gasteiger partial charge in [-0.05, 0) is 74.9 Å². The molecule has 1 amide bonds. The van der Waals surface area contributed by atoms with Crippen molar-refractivity contribution < 1.29 is 24.5 Å². The van der Waals surface area contributed by atoms with Gasteiger partial charge in [0.1, 0.15) is 17.3 Å². The first-order chi connectivity index (χ1) is 15.8. The number of carbonyl (C=O) groups excluding carboxylic acids is 2. The van der Waals surface area contributed by atoms with Crippen LogP contribution in [0.2, 0.25) is 0 Å².